The minimum Gasteiger partial charge on any atom is -0.311 e. The molecule has 90 valence electrons. The largest absolute Gasteiger partial charge is 0.311 e. The average Bonchev–Trinajstić information content (AvgIpc) is 2.62. The van der Waals surface area contributed by atoms with Gasteiger partial charge in [-0.1, -0.05) is 32.8 Å². The molecule has 1 aliphatic rings. The molecule has 2 rings (SSSR count). The molecular weight excluding hydrogens is 214 g/mol. The lowest BCUT2D eigenvalue weighted by molar-refractivity contribution is 0.227. The highest BCUT2D eigenvalue weighted by Gasteiger charge is 2.34. The molecule has 1 nitrogen and oxygen atoms in total. The first-order valence-corrected chi connectivity index (χ1v) is 7.38. The molecule has 1 N–H and O–H groups in total. The number of nitrogens with one attached hydrogen (secondary N) is 1. The van der Waals surface area contributed by atoms with Gasteiger partial charge in [-0.15, -0.1) is 11.3 Å². The Hall–Kier alpha value is -0.340. The second-order valence-corrected chi connectivity index (χ2v) is 6.34. The molecule has 16 heavy (non-hydrogen) atoms. The second kappa shape index (κ2) is 5.33. The van der Waals surface area contributed by atoms with Crippen LogP contribution < -0.4 is 5.32 Å². The summed E-state index contributed by atoms with van der Waals surface area (Å²) >= 11 is 1.90. The molecular formula is C14H23NS. The van der Waals surface area contributed by atoms with E-state index < -0.39 is 0 Å². The van der Waals surface area contributed by atoms with Gasteiger partial charge in [0, 0.05) is 16.8 Å². The molecule has 0 radical (unpaired) electrons. The van der Waals surface area contributed by atoms with Gasteiger partial charge in [0.05, 0.1) is 0 Å². The summed E-state index contributed by atoms with van der Waals surface area (Å²) in [5.41, 5.74) is 0.349. The van der Waals surface area contributed by atoms with Crippen molar-refractivity contribution in [3.05, 3.63) is 22.4 Å². The lowest BCUT2D eigenvalue weighted by Crippen LogP contribution is -2.50. The molecule has 1 unspecified atom stereocenters. The molecule has 1 aromatic rings. The molecule has 0 bridgehead atoms. The minimum atomic E-state index is 0.349. The summed E-state index contributed by atoms with van der Waals surface area (Å²) in [5.74, 6) is 0.715. The first-order chi connectivity index (χ1) is 7.73. The van der Waals surface area contributed by atoms with Crippen LogP contribution in [-0.4, -0.2) is 12.1 Å². The lowest BCUT2D eigenvalue weighted by Gasteiger charge is -2.38. The average molecular weight is 237 g/mol. The van der Waals surface area contributed by atoms with Crippen LogP contribution >= 0.6 is 11.3 Å². The van der Waals surface area contributed by atoms with Crippen molar-refractivity contribution in [3.8, 4) is 0 Å². The Morgan fingerprint density at radius 2 is 2.25 bits per heavy atom. The smallest absolute Gasteiger partial charge is 0.0252 e. The topological polar surface area (TPSA) is 12.0 Å². The van der Waals surface area contributed by atoms with Gasteiger partial charge >= 0.3 is 0 Å². The summed E-state index contributed by atoms with van der Waals surface area (Å²) in [7, 11) is 0. The molecule has 2 heteroatoms. The van der Waals surface area contributed by atoms with Crippen LogP contribution in [0.4, 0.5) is 0 Å². The molecule has 0 aromatic carbocycles. The number of rotatable bonds is 3. The number of thiophene rings is 1. The summed E-state index contributed by atoms with van der Waals surface area (Å²) in [6.45, 7) is 5.93. The summed E-state index contributed by atoms with van der Waals surface area (Å²) in [6, 6.07) is 4.45. The predicted molar refractivity (Wildman–Crippen MR) is 72.1 cm³/mol. The van der Waals surface area contributed by atoms with Crippen LogP contribution in [0.1, 0.15) is 44.4 Å². The number of hydrogen-bond acceptors (Lipinski definition) is 2. The van der Waals surface area contributed by atoms with Gasteiger partial charge in [0.1, 0.15) is 0 Å². The Morgan fingerprint density at radius 3 is 2.94 bits per heavy atom. The van der Waals surface area contributed by atoms with Gasteiger partial charge in [0.15, 0.2) is 0 Å². The Bertz CT molecular complexity index is 295. The quantitative estimate of drug-likeness (QED) is 0.842. The van der Waals surface area contributed by atoms with Crippen LogP contribution in [0, 0.1) is 5.92 Å². The molecule has 1 aliphatic heterocycles. The van der Waals surface area contributed by atoms with Crippen LogP contribution in [0.15, 0.2) is 17.5 Å². The monoisotopic (exact) mass is 237 g/mol. The normalized spacial score (nSPS) is 26.9. The van der Waals surface area contributed by atoms with Gasteiger partial charge in [-0.2, -0.15) is 0 Å². The van der Waals surface area contributed by atoms with E-state index in [1.54, 1.807) is 0 Å². The molecule has 1 aromatic heterocycles. The Balaban J connectivity index is 2.13. The van der Waals surface area contributed by atoms with Gasteiger partial charge in [-0.3, -0.25) is 0 Å². The third-order valence-electron chi connectivity index (χ3n) is 3.95. The van der Waals surface area contributed by atoms with E-state index >= 15 is 0 Å². The maximum atomic E-state index is 3.84. The van der Waals surface area contributed by atoms with Gasteiger partial charge in [-0.05, 0) is 36.8 Å². The van der Waals surface area contributed by atoms with E-state index in [2.05, 4.69) is 36.7 Å². The van der Waals surface area contributed by atoms with E-state index in [0.717, 1.165) is 0 Å². The first kappa shape index (κ1) is 12.1. The van der Waals surface area contributed by atoms with Crippen LogP contribution in [0.3, 0.4) is 0 Å². The Morgan fingerprint density at radius 1 is 1.38 bits per heavy atom. The highest BCUT2D eigenvalue weighted by atomic mass is 32.1. The molecule has 0 amide bonds. The van der Waals surface area contributed by atoms with Crippen LogP contribution in [0.5, 0.6) is 0 Å². The van der Waals surface area contributed by atoms with Crippen molar-refractivity contribution in [2.45, 2.75) is 51.5 Å². The predicted octanol–water partition coefficient (Wildman–Crippen LogP) is 3.85. The van der Waals surface area contributed by atoms with Gasteiger partial charge in [0.25, 0.3) is 0 Å². The zero-order chi connectivity index (χ0) is 11.4. The van der Waals surface area contributed by atoms with Crippen molar-refractivity contribution in [1.82, 2.24) is 5.32 Å². The van der Waals surface area contributed by atoms with E-state index in [0.29, 0.717) is 11.5 Å². The molecule has 0 aliphatic carbocycles. The molecule has 0 saturated carbocycles. The Kier molecular flexibility index (Phi) is 4.04. The molecule has 1 fully saturated rings. The lowest BCUT2D eigenvalue weighted by atomic mass is 9.79. The Labute approximate surface area is 103 Å². The molecule has 1 atom stereocenters. The SMILES string of the molecule is CC(C)C1(Cc2cccs2)CCCCCN1. The second-order valence-electron chi connectivity index (χ2n) is 5.30. The third-order valence-corrected chi connectivity index (χ3v) is 4.83. The minimum absolute atomic E-state index is 0.349. The maximum Gasteiger partial charge on any atom is 0.0252 e. The van der Waals surface area contributed by atoms with Crippen molar-refractivity contribution in [2.24, 2.45) is 5.92 Å². The van der Waals surface area contributed by atoms with Crippen molar-refractivity contribution in [2.75, 3.05) is 6.54 Å². The summed E-state index contributed by atoms with van der Waals surface area (Å²) in [4.78, 5) is 1.53. The fraction of sp³-hybridized carbons (Fsp3) is 0.714. The van der Waals surface area contributed by atoms with Crippen molar-refractivity contribution in [3.63, 3.8) is 0 Å². The summed E-state index contributed by atoms with van der Waals surface area (Å²) < 4.78 is 0. The van der Waals surface area contributed by atoms with E-state index in [1.165, 1.54) is 43.5 Å². The zero-order valence-electron chi connectivity index (χ0n) is 10.5. The third kappa shape index (κ3) is 2.67. The van der Waals surface area contributed by atoms with Crippen molar-refractivity contribution < 1.29 is 0 Å². The van der Waals surface area contributed by atoms with E-state index in [9.17, 15) is 0 Å². The first-order valence-electron chi connectivity index (χ1n) is 6.50. The van der Waals surface area contributed by atoms with Gasteiger partial charge in [0.2, 0.25) is 0 Å². The van der Waals surface area contributed by atoms with E-state index in [1.807, 2.05) is 11.3 Å². The number of hydrogen-bond donors (Lipinski definition) is 1. The van der Waals surface area contributed by atoms with Crippen molar-refractivity contribution >= 4 is 11.3 Å². The summed E-state index contributed by atoms with van der Waals surface area (Å²) in [5, 5.41) is 6.03. The maximum absolute atomic E-state index is 3.84. The van der Waals surface area contributed by atoms with Crippen LogP contribution in [0.2, 0.25) is 0 Å². The molecule has 2 heterocycles. The van der Waals surface area contributed by atoms with Crippen LogP contribution in [-0.2, 0) is 6.42 Å². The summed E-state index contributed by atoms with van der Waals surface area (Å²) in [6.07, 6.45) is 6.67. The standard InChI is InChI=1S/C14H23NS/c1-12(2)14(8-4-3-5-9-15-14)11-13-7-6-10-16-13/h6-7,10,12,15H,3-5,8-9,11H2,1-2H3. The van der Waals surface area contributed by atoms with Crippen molar-refractivity contribution in [1.29, 1.82) is 0 Å². The molecule has 1 saturated heterocycles. The van der Waals surface area contributed by atoms with E-state index in [-0.39, 0.29) is 0 Å². The van der Waals surface area contributed by atoms with Crippen LogP contribution in [0.25, 0.3) is 0 Å². The highest BCUT2D eigenvalue weighted by Crippen LogP contribution is 2.31. The van der Waals surface area contributed by atoms with Gasteiger partial charge < -0.3 is 5.32 Å². The van der Waals surface area contributed by atoms with Gasteiger partial charge in [-0.25, -0.2) is 0 Å². The fourth-order valence-corrected chi connectivity index (χ4v) is 3.57. The fourth-order valence-electron chi connectivity index (χ4n) is 2.74. The zero-order valence-corrected chi connectivity index (χ0v) is 11.3. The van der Waals surface area contributed by atoms with E-state index in [4.69, 9.17) is 0 Å². The highest BCUT2D eigenvalue weighted by molar-refractivity contribution is 7.09. The molecule has 0 spiro atoms.